The van der Waals surface area contributed by atoms with Crippen molar-refractivity contribution in [2.75, 3.05) is 53.0 Å². The van der Waals surface area contributed by atoms with E-state index < -0.39 is 0 Å². The number of hydrogen-bond acceptors (Lipinski definition) is 4. The van der Waals surface area contributed by atoms with E-state index in [0.717, 1.165) is 63.5 Å². The molecule has 2 fully saturated rings. The maximum absolute atomic E-state index is 5.76. The van der Waals surface area contributed by atoms with Gasteiger partial charge >= 0.3 is 0 Å². The number of aliphatic imine (C=N–C) groups is 1. The smallest absolute Gasteiger partial charge is 0.191 e. The van der Waals surface area contributed by atoms with E-state index in [1.165, 1.54) is 31.4 Å². The monoisotopic (exact) mass is 544 g/mol. The van der Waals surface area contributed by atoms with Crippen LogP contribution >= 0.6 is 24.0 Å². The van der Waals surface area contributed by atoms with Crippen molar-refractivity contribution in [3.63, 3.8) is 0 Å². The van der Waals surface area contributed by atoms with Crippen molar-refractivity contribution in [3.8, 4) is 5.75 Å². The lowest BCUT2D eigenvalue weighted by Crippen LogP contribution is -2.49. The minimum atomic E-state index is 0. The molecular formula is C24H41IN4O2. The van der Waals surface area contributed by atoms with Crippen LogP contribution in [0, 0.1) is 11.8 Å². The van der Waals surface area contributed by atoms with E-state index in [4.69, 9.17) is 9.47 Å². The van der Waals surface area contributed by atoms with Gasteiger partial charge in [0.05, 0.1) is 13.2 Å². The van der Waals surface area contributed by atoms with Crippen molar-refractivity contribution in [1.29, 1.82) is 0 Å². The van der Waals surface area contributed by atoms with Crippen LogP contribution in [0.15, 0.2) is 29.3 Å². The molecule has 3 rings (SSSR count). The van der Waals surface area contributed by atoms with E-state index in [1.54, 1.807) is 0 Å². The zero-order valence-electron chi connectivity index (χ0n) is 19.4. The number of rotatable bonds is 9. The Hall–Kier alpha value is -1.06. The van der Waals surface area contributed by atoms with Gasteiger partial charge in [0.25, 0.3) is 0 Å². The lowest BCUT2D eigenvalue weighted by Gasteiger charge is -2.34. The van der Waals surface area contributed by atoms with E-state index in [2.05, 4.69) is 58.6 Å². The maximum Gasteiger partial charge on any atom is 0.191 e. The fourth-order valence-corrected chi connectivity index (χ4v) is 4.08. The molecule has 1 atom stereocenters. The minimum absolute atomic E-state index is 0. The van der Waals surface area contributed by atoms with Crippen molar-refractivity contribution in [2.45, 2.75) is 45.6 Å². The minimum Gasteiger partial charge on any atom is -0.493 e. The molecule has 7 heteroatoms. The van der Waals surface area contributed by atoms with Crippen LogP contribution < -0.4 is 15.4 Å². The summed E-state index contributed by atoms with van der Waals surface area (Å²) in [6.45, 7) is 11.4. The van der Waals surface area contributed by atoms with Crippen LogP contribution in [0.4, 0.5) is 0 Å². The Morgan fingerprint density at radius 1 is 1.19 bits per heavy atom. The summed E-state index contributed by atoms with van der Waals surface area (Å²) in [4.78, 5) is 7.01. The van der Waals surface area contributed by atoms with Crippen LogP contribution in [0.25, 0.3) is 0 Å². The first-order chi connectivity index (χ1) is 14.6. The fraction of sp³-hybridized carbons (Fsp3) is 0.708. The average Bonchev–Trinajstić information content (AvgIpc) is 3.26. The summed E-state index contributed by atoms with van der Waals surface area (Å²) >= 11 is 0. The topological polar surface area (TPSA) is 58.1 Å². The third-order valence-corrected chi connectivity index (χ3v) is 5.91. The summed E-state index contributed by atoms with van der Waals surface area (Å²) in [6, 6.07) is 8.94. The van der Waals surface area contributed by atoms with E-state index in [0.29, 0.717) is 12.0 Å². The summed E-state index contributed by atoms with van der Waals surface area (Å²) in [6.07, 6.45) is 4.54. The van der Waals surface area contributed by atoms with Gasteiger partial charge in [-0.25, -0.2) is 0 Å². The van der Waals surface area contributed by atoms with Crippen LogP contribution in [-0.4, -0.2) is 69.9 Å². The van der Waals surface area contributed by atoms with Gasteiger partial charge < -0.3 is 25.0 Å². The Morgan fingerprint density at radius 2 is 1.94 bits per heavy atom. The van der Waals surface area contributed by atoms with Gasteiger partial charge in [-0.05, 0) is 55.2 Å². The summed E-state index contributed by atoms with van der Waals surface area (Å²) in [5.41, 5.74) is 1.30. The first-order valence-corrected chi connectivity index (χ1v) is 11.6. The van der Waals surface area contributed by atoms with E-state index >= 15 is 0 Å². The molecule has 1 aromatic carbocycles. The molecule has 0 spiro atoms. The van der Waals surface area contributed by atoms with Crippen LogP contribution in [-0.2, 0) is 11.2 Å². The van der Waals surface area contributed by atoms with Gasteiger partial charge in [0.2, 0.25) is 0 Å². The molecule has 0 saturated carbocycles. The normalized spacial score (nSPS) is 20.5. The number of hydrogen-bond donors (Lipinski definition) is 2. The number of nitrogens with one attached hydrogen (secondary N) is 2. The number of guanidine groups is 1. The summed E-state index contributed by atoms with van der Waals surface area (Å²) in [5, 5.41) is 7.08. The van der Waals surface area contributed by atoms with E-state index in [9.17, 15) is 0 Å². The standard InChI is InChI=1S/C24H40N4O2.HI/c1-19(2)17-30-23-6-4-20(5-7-23)8-12-26-24(25-3)27-22-9-13-28(14-10-22)16-21-11-15-29-18-21;/h4-7,19,21-22H,8-18H2,1-3H3,(H2,25,26,27);1H. The first-order valence-electron chi connectivity index (χ1n) is 11.6. The van der Waals surface area contributed by atoms with Crippen LogP contribution in [0.1, 0.15) is 38.7 Å². The van der Waals surface area contributed by atoms with Crippen molar-refractivity contribution in [1.82, 2.24) is 15.5 Å². The highest BCUT2D eigenvalue weighted by molar-refractivity contribution is 14.0. The number of ether oxygens (including phenoxy) is 2. The van der Waals surface area contributed by atoms with Crippen molar-refractivity contribution >= 4 is 29.9 Å². The molecule has 1 unspecified atom stereocenters. The summed E-state index contributed by atoms with van der Waals surface area (Å²) < 4.78 is 11.3. The van der Waals surface area contributed by atoms with Gasteiger partial charge in [-0.2, -0.15) is 0 Å². The molecule has 0 bridgehead atoms. The molecule has 2 aliphatic heterocycles. The predicted molar refractivity (Wildman–Crippen MR) is 139 cm³/mol. The van der Waals surface area contributed by atoms with Crippen LogP contribution in [0.2, 0.25) is 0 Å². The maximum atomic E-state index is 5.76. The van der Waals surface area contributed by atoms with Gasteiger partial charge in [-0.1, -0.05) is 26.0 Å². The number of benzene rings is 1. The van der Waals surface area contributed by atoms with Crippen molar-refractivity contribution in [2.24, 2.45) is 16.8 Å². The molecule has 176 valence electrons. The van der Waals surface area contributed by atoms with Crippen molar-refractivity contribution in [3.05, 3.63) is 29.8 Å². The van der Waals surface area contributed by atoms with Gasteiger partial charge in [0.1, 0.15) is 5.75 Å². The highest BCUT2D eigenvalue weighted by atomic mass is 127. The molecule has 0 amide bonds. The number of halogens is 1. The van der Waals surface area contributed by atoms with Gasteiger partial charge in [-0.3, -0.25) is 4.99 Å². The number of piperidine rings is 1. The largest absolute Gasteiger partial charge is 0.493 e. The van der Waals surface area contributed by atoms with Crippen LogP contribution in [0.3, 0.4) is 0 Å². The Morgan fingerprint density at radius 3 is 2.55 bits per heavy atom. The Kier molecular flexibility index (Phi) is 12.0. The second-order valence-electron chi connectivity index (χ2n) is 9.05. The van der Waals surface area contributed by atoms with E-state index in [1.807, 2.05) is 7.05 Å². The predicted octanol–water partition coefficient (Wildman–Crippen LogP) is 3.55. The Bertz CT molecular complexity index is 639. The molecule has 31 heavy (non-hydrogen) atoms. The van der Waals surface area contributed by atoms with Crippen LogP contribution in [0.5, 0.6) is 5.75 Å². The second-order valence-corrected chi connectivity index (χ2v) is 9.05. The number of likely N-dealkylation sites (tertiary alicyclic amines) is 1. The quantitative estimate of drug-likeness (QED) is 0.283. The lowest BCUT2D eigenvalue weighted by molar-refractivity contribution is 0.150. The molecule has 0 aliphatic carbocycles. The summed E-state index contributed by atoms with van der Waals surface area (Å²) in [7, 11) is 1.85. The number of nitrogens with zero attached hydrogens (tertiary/aromatic N) is 2. The highest BCUT2D eigenvalue weighted by Crippen LogP contribution is 2.18. The van der Waals surface area contributed by atoms with Gasteiger partial charge in [-0.15, -0.1) is 24.0 Å². The third-order valence-electron chi connectivity index (χ3n) is 5.91. The molecule has 2 N–H and O–H groups in total. The third kappa shape index (κ3) is 9.53. The average molecular weight is 545 g/mol. The zero-order valence-corrected chi connectivity index (χ0v) is 21.8. The first kappa shape index (κ1) is 26.2. The van der Waals surface area contributed by atoms with E-state index in [-0.39, 0.29) is 24.0 Å². The van der Waals surface area contributed by atoms with Gasteiger partial charge in [0, 0.05) is 45.9 Å². The Labute approximate surface area is 205 Å². The van der Waals surface area contributed by atoms with Crippen molar-refractivity contribution < 1.29 is 9.47 Å². The SMILES string of the molecule is CN=C(NCCc1ccc(OCC(C)C)cc1)NC1CCN(CC2CCOC2)CC1.I. The molecule has 1 aromatic rings. The fourth-order valence-electron chi connectivity index (χ4n) is 4.08. The molecule has 0 radical (unpaired) electrons. The molecule has 6 nitrogen and oxygen atoms in total. The molecule has 2 saturated heterocycles. The Balaban J connectivity index is 0.00000341. The van der Waals surface area contributed by atoms with Gasteiger partial charge in [0.15, 0.2) is 5.96 Å². The molecule has 2 heterocycles. The molecular weight excluding hydrogens is 503 g/mol. The molecule has 2 aliphatic rings. The highest BCUT2D eigenvalue weighted by Gasteiger charge is 2.24. The summed E-state index contributed by atoms with van der Waals surface area (Å²) in [5.74, 6) is 3.14. The molecule has 0 aromatic heterocycles. The lowest BCUT2D eigenvalue weighted by atomic mass is 10.0. The zero-order chi connectivity index (χ0) is 21.2. The second kappa shape index (κ2) is 14.2.